The standard InChI is InChI=1S/C29H47NO8Si/c1-28(2,3)37-27(33)30-15-19(38-39(7,8)29(4,5)6)14-20(30)23(31)22-24(32)21-17-35-26(36-21)25(22)34-16-18-12-10-9-11-13-18/h9-13,19-26,31-32H,14-17H2,1-8H3/t19-,20+,21?,22?,23-,24+,25?,26+/m0/s1. The number of likely N-dealkylation sites (tertiary alicyclic amines) is 1. The van der Waals surface area contributed by atoms with E-state index in [0.29, 0.717) is 13.0 Å². The Hall–Kier alpha value is -1.53. The number of rotatable bonds is 7. The molecule has 1 aromatic carbocycles. The molecule has 1 aromatic rings. The molecule has 0 radical (unpaired) electrons. The van der Waals surface area contributed by atoms with Gasteiger partial charge in [-0.25, -0.2) is 4.79 Å². The minimum atomic E-state index is -2.15. The first-order valence-electron chi connectivity index (χ1n) is 14.0. The van der Waals surface area contributed by atoms with Crippen molar-refractivity contribution in [1.82, 2.24) is 4.90 Å². The van der Waals surface area contributed by atoms with Crippen LogP contribution in [0.25, 0.3) is 0 Å². The van der Waals surface area contributed by atoms with Gasteiger partial charge in [0.1, 0.15) is 17.8 Å². The van der Waals surface area contributed by atoms with Crippen LogP contribution in [0.5, 0.6) is 0 Å². The van der Waals surface area contributed by atoms with Gasteiger partial charge in [0.25, 0.3) is 0 Å². The van der Waals surface area contributed by atoms with E-state index in [0.717, 1.165) is 5.56 Å². The van der Waals surface area contributed by atoms with Crippen molar-refractivity contribution in [3.8, 4) is 0 Å². The highest BCUT2D eigenvalue weighted by Crippen LogP contribution is 2.42. The summed E-state index contributed by atoms with van der Waals surface area (Å²) in [4.78, 5) is 15.0. The van der Waals surface area contributed by atoms with Crippen LogP contribution in [0.2, 0.25) is 18.1 Å². The summed E-state index contributed by atoms with van der Waals surface area (Å²) >= 11 is 0. The highest BCUT2D eigenvalue weighted by molar-refractivity contribution is 6.74. The molecule has 10 heteroatoms. The first-order chi connectivity index (χ1) is 18.1. The summed E-state index contributed by atoms with van der Waals surface area (Å²) in [6.07, 6.45) is -4.48. The zero-order valence-electron chi connectivity index (χ0n) is 24.6. The van der Waals surface area contributed by atoms with E-state index in [1.807, 2.05) is 51.1 Å². The maximum Gasteiger partial charge on any atom is 0.410 e. The van der Waals surface area contributed by atoms with Gasteiger partial charge in [-0.1, -0.05) is 51.1 Å². The molecule has 3 heterocycles. The minimum Gasteiger partial charge on any atom is -0.444 e. The van der Waals surface area contributed by atoms with Crippen LogP contribution >= 0.6 is 0 Å². The van der Waals surface area contributed by atoms with Crippen molar-refractivity contribution in [2.75, 3.05) is 13.2 Å². The second kappa shape index (κ2) is 11.4. The Labute approximate surface area is 233 Å². The lowest BCUT2D eigenvalue weighted by molar-refractivity contribution is -0.247. The van der Waals surface area contributed by atoms with E-state index in [2.05, 4.69) is 33.9 Å². The van der Waals surface area contributed by atoms with Gasteiger partial charge in [-0.05, 0) is 50.9 Å². The fraction of sp³-hybridized carbons (Fsp3) is 0.759. The fourth-order valence-corrected chi connectivity index (χ4v) is 6.74. The molecule has 3 aliphatic heterocycles. The largest absolute Gasteiger partial charge is 0.444 e. The third-order valence-corrected chi connectivity index (χ3v) is 13.0. The van der Waals surface area contributed by atoms with Crippen molar-refractivity contribution in [3.63, 3.8) is 0 Å². The number of hydrogen-bond donors (Lipinski definition) is 2. The van der Waals surface area contributed by atoms with Crippen LogP contribution in [-0.2, 0) is 30.0 Å². The molecule has 3 aliphatic rings. The number of carbonyl (C=O) groups excluding carboxylic acids is 1. The number of fused-ring (bicyclic) bond motifs is 2. The third kappa shape index (κ3) is 6.86. The highest BCUT2D eigenvalue weighted by atomic mass is 28.4. The van der Waals surface area contributed by atoms with Crippen LogP contribution < -0.4 is 0 Å². The van der Waals surface area contributed by atoms with Crippen LogP contribution in [-0.4, -0.2) is 91.1 Å². The van der Waals surface area contributed by atoms with Gasteiger partial charge in [-0.15, -0.1) is 0 Å². The molecular weight excluding hydrogens is 518 g/mol. The molecule has 3 saturated heterocycles. The fourth-order valence-electron chi connectivity index (χ4n) is 5.38. The van der Waals surface area contributed by atoms with Gasteiger partial charge in [0.2, 0.25) is 0 Å². The Morgan fingerprint density at radius 3 is 2.44 bits per heavy atom. The summed E-state index contributed by atoms with van der Waals surface area (Å²) in [5.74, 6) is -0.735. The third-order valence-electron chi connectivity index (χ3n) is 8.43. The molecule has 2 bridgehead atoms. The molecule has 1 amide bonds. The van der Waals surface area contributed by atoms with Gasteiger partial charge in [-0.3, -0.25) is 4.90 Å². The maximum atomic E-state index is 13.4. The topological polar surface area (TPSA) is 107 Å². The second-order valence-electron chi connectivity index (χ2n) is 13.6. The Morgan fingerprint density at radius 2 is 1.82 bits per heavy atom. The molecule has 0 aromatic heterocycles. The molecule has 8 atom stereocenters. The van der Waals surface area contributed by atoms with Gasteiger partial charge in [0.05, 0.1) is 37.6 Å². The van der Waals surface area contributed by atoms with E-state index in [1.165, 1.54) is 0 Å². The number of benzene rings is 1. The molecule has 39 heavy (non-hydrogen) atoms. The molecule has 9 nitrogen and oxygen atoms in total. The number of amides is 1. The molecule has 0 saturated carbocycles. The molecule has 220 valence electrons. The Kier molecular flexibility index (Phi) is 8.88. The monoisotopic (exact) mass is 565 g/mol. The normalized spacial score (nSPS) is 32.4. The van der Waals surface area contributed by atoms with E-state index in [9.17, 15) is 15.0 Å². The average molecular weight is 566 g/mol. The van der Waals surface area contributed by atoms with E-state index in [4.69, 9.17) is 23.4 Å². The number of ether oxygens (including phenoxy) is 4. The lowest BCUT2D eigenvalue weighted by atomic mass is 9.81. The first kappa shape index (κ1) is 30.4. The quantitative estimate of drug-likeness (QED) is 0.477. The first-order valence-corrected chi connectivity index (χ1v) is 16.9. The van der Waals surface area contributed by atoms with Crippen molar-refractivity contribution in [2.24, 2.45) is 5.92 Å². The molecule has 3 unspecified atom stereocenters. The predicted octanol–water partition coefficient (Wildman–Crippen LogP) is 4.06. The summed E-state index contributed by atoms with van der Waals surface area (Å²) in [6, 6.07) is 9.07. The average Bonchev–Trinajstić information content (AvgIpc) is 3.45. The van der Waals surface area contributed by atoms with Crippen LogP contribution in [0.3, 0.4) is 0 Å². The van der Waals surface area contributed by atoms with Crippen LogP contribution in [0.1, 0.15) is 53.5 Å². The second-order valence-corrected chi connectivity index (χ2v) is 18.4. The lowest BCUT2D eigenvalue weighted by Crippen LogP contribution is -2.59. The van der Waals surface area contributed by atoms with E-state index >= 15 is 0 Å². The zero-order chi connectivity index (χ0) is 28.8. The number of carbonyl (C=O) groups is 1. The summed E-state index contributed by atoms with van der Waals surface area (Å²) < 4.78 is 30.4. The zero-order valence-corrected chi connectivity index (χ0v) is 25.6. The molecule has 0 spiro atoms. The van der Waals surface area contributed by atoms with E-state index in [-0.39, 0.29) is 24.4 Å². The van der Waals surface area contributed by atoms with Gasteiger partial charge in [0, 0.05) is 12.5 Å². The van der Waals surface area contributed by atoms with E-state index in [1.54, 1.807) is 4.90 Å². The van der Waals surface area contributed by atoms with Crippen molar-refractivity contribution in [3.05, 3.63) is 35.9 Å². The van der Waals surface area contributed by atoms with Crippen LogP contribution in [0.4, 0.5) is 4.79 Å². The smallest absolute Gasteiger partial charge is 0.410 e. The maximum absolute atomic E-state index is 13.4. The Balaban J connectivity index is 1.59. The van der Waals surface area contributed by atoms with Crippen LogP contribution in [0, 0.1) is 5.92 Å². The van der Waals surface area contributed by atoms with Crippen molar-refractivity contribution >= 4 is 14.4 Å². The predicted molar refractivity (Wildman–Crippen MR) is 149 cm³/mol. The number of aliphatic hydroxyl groups excluding tert-OH is 2. The molecule has 0 aliphatic carbocycles. The summed E-state index contributed by atoms with van der Waals surface area (Å²) in [6.45, 7) is 17.1. The van der Waals surface area contributed by atoms with Gasteiger partial charge in [-0.2, -0.15) is 0 Å². The SMILES string of the molecule is CC(C)(C)OC(=O)N1C[C@@H](O[Si](C)(C)C(C)(C)C)C[C@@H]1[C@H](O)C1C(OCc2ccccc2)[C@@H]2OCC(O2)[C@H]1O. The summed E-state index contributed by atoms with van der Waals surface area (Å²) in [5, 5.41) is 23.2. The van der Waals surface area contributed by atoms with Crippen molar-refractivity contribution in [2.45, 2.75) is 121 Å². The summed E-state index contributed by atoms with van der Waals surface area (Å²) in [5.41, 5.74) is 0.261. The van der Waals surface area contributed by atoms with Crippen molar-refractivity contribution < 1.29 is 38.4 Å². The highest BCUT2D eigenvalue weighted by Gasteiger charge is 2.57. The number of hydrogen-bond acceptors (Lipinski definition) is 8. The van der Waals surface area contributed by atoms with Gasteiger partial charge in [0.15, 0.2) is 14.6 Å². The van der Waals surface area contributed by atoms with E-state index < -0.39 is 62.7 Å². The molecule has 4 rings (SSSR count). The lowest BCUT2D eigenvalue weighted by Gasteiger charge is -2.43. The number of aliphatic hydroxyl groups is 2. The number of nitrogens with zero attached hydrogens (tertiary/aromatic N) is 1. The van der Waals surface area contributed by atoms with Gasteiger partial charge >= 0.3 is 6.09 Å². The Morgan fingerprint density at radius 1 is 1.15 bits per heavy atom. The summed E-state index contributed by atoms with van der Waals surface area (Å²) in [7, 11) is -2.15. The minimum absolute atomic E-state index is 0.00966. The molecule has 2 N–H and O–H groups in total. The molecule has 3 fully saturated rings. The van der Waals surface area contributed by atoms with Crippen LogP contribution in [0.15, 0.2) is 30.3 Å². The molecular formula is C29H47NO8Si. The van der Waals surface area contributed by atoms with Crippen molar-refractivity contribution in [1.29, 1.82) is 0 Å². The van der Waals surface area contributed by atoms with Gasteiger partial charge < -0.3 is 33.6 Å². The Bertz CT molecular complexity index is 978.